The van der Waals surface area contributed by atoms with Gasteiger partial charge in [-0.2, -0.15) is 0 Å². The number of aryl methyl sites for hydroxylation is 1. The number of hydrogen-bond acceptors (Lipinski definition) is 2. The number of benzene rings is 1. The van der Waals surface area contributed by atoms with Crippen LogP contribution in [0.1, 0.15) is 25.7 Å². The van der Waals surface area contributed by atoms with Crippen LogP contribution < -0.4 is 0 Å². The molecule has 0 radical (unpaired) electrons. The van der Waals surface area contributed by atoms with Gasteiger partial charge >= 0.3 is 0 Å². The van der Waals surface area contributed by atoms with Gasteiger partial charge in [0, 0.05) is 19.4 Å². The zero-order valence-corrected chi connectivity index (χ0v) is 13.6. The van der Waals surface area contributed by atoms with Gasteiger partial charge in [-0.3, -0.25) is 0 Å². The highest BCUT2D eigenvalue weighted by atomic mass is 35.5. The Morgan fingerprint density at radius 3 is 2.70 bits per heavy atom. The van der Waals surface area contributed by atoms with E-state index in [0.29, 0.717) is 23.4 Å². The summed E-state index contributed by atoms with van der Waals surface area (Å²) in [5.41, 5.74) is 1.89. The lowest BCUT2D eigenvalue weighted by Crippen LogP contribution is -2.22. The van der Waals surface area contributed by atoms with Crippen LogP contribution in [0.3, 0.4) is 0 Å². The Morgan fingerprint density at radius 1 is 1.35 bits per heavy atom. The first-order valence-corrected chi connectivity index (χ1v) is 7.71. The van der Waals surface area contributed by atoms with Gasteiger partial charge in [0.15, 0.2) is 0 Å². The van der Waals surface area contributed by atoms with Gasteiger partial charge in [0.25, 0.3) is 0 Å². The number of ether oxygens (including phenoxy) is 1. The summed E-state index contributed by atoms with van der Waals surface area (Å²) in [7, 11) is 1.72. The molecular weight excluding hydrogens is 295 g/mol. The molecule has 0 saturated heterocycles. The highest BCUT2D eigenvalue weighted by molar-refractivity contribution is 6.34. The SMILES string of the molecule is COCC(C(C)C)n1c(CCCl)nc2c(Cl)cccc21. The molecule has 3 nitrogen and oxygen atoms in total. The number of rotatable bonds is 6. The summed E-state index contributed by atoms with van der Waals surface area (Å²) >= 11 is 12.2. The molecule has 1 unspecified atom stereocenters. The molecule has 0 N–H and O–H groups in total. The first kappa shape index (κ1) is 15.6. The minimum absolute atomic E-state index is 0.224. The number of aromatic nitrogens is 2. The highest BCUT2D eigenvalue weighted by Gasteiger charge is 2.22. The van der Waals surface area contributed by atoms with E-state index < -0.39 is 0 Å². The fourth-order valence-corrected chi connectivity index (χ4v) is 2.88. The van der Waals surface area contributed by atoms with Crippen LogP contribution in [0.2, 0.25) is 5.02 Å². The Balaban J connectivity index is 2.63. The molecule has 5 heteroatoms. The first-order chi connectivity index (χ1) is 9.60. The van der Waals surface area contributed by atoms with E-state index >= 15 is 0 Å². The zero-order chi connectivity index (χ0) is 14.7. The number of imidazole rings is 1. The number of fused-ring (bicyclic) bond motifs is 1. The van der Waals surface area contributed by atoms with E-state index in [4.69, 9.17) is 27.9 Å². The number of nitrogens with zero attached hydrogens (tertiary/aromatic N) is 2. The standard InChI is InChI=1S/C15H20Cl2N2O/c1-10(2)13(9-20-3)19-12-6-4-5-11(17)15(12)18-14(19)7-8-16/h4-6,10,13H,7-9H2,1-3H3. The lowest BCUT2D eigenvalue weighted by atomic mass is 10.0. The minimum Gasteiger partial charge on any atom is -0.383 e. The second-order valence-corrected chi connectivity index (χ2v) is 6.00. The first-order valence-electron chi connectivity index (χ1n) is 6.80. The molecule has 0 aliphatic rings. The Labute approximate surface area is 129 Å². The van der Waals surface area contributed by atoms with Gasteiger partial charge in [-0.1, -0.05) is 31.5 Å². The molecule has 1 atom stereocenters. The molecule has 110 valence electrons. The van der Waals surface area contributed by atoms with Crippen molar-refractivity contribution in [1.29, 1.82) is 0 Å². The molecule has 0 saturated carbocycles. The van der Waals surface area contributed by atoms with Gasteiger partial charge in [0.05, 0.1) is 23.2 Å². The van der Waals surface area contributed by atoms with Gasteiger partial charge < -0.3 is 9.30 Å². The van der Waals surface area contributed by atoms with E-state index in [0.717, 1.165) is 23.3 Å². The molecule has 1 heterocycles. The third-order valence-electron chi connectivity index (χ3n) is 3.50. The van der Waals surface area contributed by atoms with Crippen LogP contribution in [-0.2, 0) is 11.2 Å². The van der Waals surface area contributed by atoms with Gasteiger partial charge in [-0.05, 0) is 18.1 Å². The van der Waals surface area contributed by atoms with Crippen LogP contribution in [0.4, 0.5) is 0 Å². The molecule has 0 aliphatic heterocycles. The van der Waals surface area contributed by atoms with Crippen LogP contribution in [0.25, 0.3) is 11.0 Å². The molecule has 0 aliphatic carbocycles. The quantitative estimate of drug-likeness (QED) is 0.743. The number of hydrogen-bond donors (Lipinski definition) is 0. The summed E-state index contributed by atoms with van der Waals surface area (Å²) in [6.45, 7) is 5.01. The fourth-order valence-electron chi connectivity index (χ4n) is 2.50. The van der Waals surface area contributed by atoms with Crippen molar-refractivity contribution >= 4 is 34.2 Å². The van der Waals surface area contributed by atoms with Crippen molar-refractivity contribution in [2.24, 2.45) is 5.92 Å². The summed E-state index contributed by atoms with van der Waals surface area (Å²) in [6.07, 6.45) is 0.722. The summed E-state index contributed by atoms with van der Waals surface area (Å²) in [5, 5.41) is 0.678. The molecule has 0 amide bonds. The van der Waals surface area contributed by atoms with E-state index in [1.54, 1.807) is 7.11 Å². The van der Waals surface area contributed by atoms with Crippen molar-refractivity contribution in [3.8, 4) is 0 Å². The predicted molar refractivity (Wildman–Crippen MR) is 84.9 cm³/mol. The smallest absolute Gasteiger partial charge is 0.111 e. The Morgan fingerprint density at radius 2 is 2.10 bits per heavy atom. The van der Waals surface area contributed by atoms with Crippen molar-refractivity contribution < 1.29 is 4.74 Å². The summed E-state index contributed by atoms with van der Waals surface area (Å²) in [4.78, 5) is 4.68. The average molecular weight is 315 g/mol. The molecule has 0 spiro atoms. The second-order valence-electron chi connectivity index (χ2n) is 5.21. The van der Waals surface area contributed by atoms with Crippen molar-refractivity contribution in [3.05, 3.63) is 29.0 Å². The molecular formula is C15H20Cl2N2O. The Kier molecular flexibility index (Phi) is 5.30. The van der Waals surface area contributed by atoms with E-state index in [-0.39, 0.29) is 6.04 Å². The van der Waals surface area contributed by atoms with Crippen molar-refractivity contribution in [2.45, 2.75) is 26.3 Å². The maximum Gasteiger partial charge on any atom is 0.111 e. The monoisotopic (exact) mass is 314 g/mol. The zero-order valence-electron chi connectivity index (χ0n) is 12.1. The van der Waals surface area contributed by atoms with E-state index in [1.807, 2.05) is 12.1 Å². The van der Waals surface area contributed by atoms with E-state index in [9.17, 15) is 0 Å². The van der Waals surface area contributed by atoms with E-state index in [2.05, 4.69) is 29.5 Å². The Hall–Kier alpha value is -0.770. The van der Waals surface area contributed by atoms with Crippen molar-refractivity contribution in [2.75, 3.05) is 19.6 Å². The maximum absolute atomic E-state index is 6.26. The van der Waals surface area contributed by atoms with Gasteiger partial charge in [-0.15, -0.1) is 11.6 Å². The lowest BCUT2D eigenvalue weighted by Gasteiger charge is -2.24. The van der Waals surface area contributed by atoms with Crippen molar-refractivity contribution in [3.63, 3.8) is 0 Å². The molecule has 1 aromatic heterocycles. The molecule has 1 aromatic carbocycles. The van der Waals surface area contributed by atoms with Crippen LogP contribution in [0.5, 0.6) is 0 Å². The normalized spacial score (nSPS) is 13.3. The summed E-state index contributed by atoms with van der Waals surface area (Å²) < 4.78 is 7.62. The Bertz CT molecular complexity index is 581. The number of para-hydroxylation sites is 1. The largest absolute Gasteiger partial charge is 0.383 e. The summed E-state index contributed by atoms with van der Waals surface area (Å²) in [6, 6.07) is 6.10. The number of alkyl halides is 1. The maximum atomic E-state index is 6.26. The number of halogens is 2. The third kappa shape index (κ3) is 2.95. The van der Waals surface area contributed by atoms with Crippen LogP contribution >= 0.6 is 23.2 Å². The van der Waals surface area contributed by atoms with Crippen LogP contribution in [0, 0.1) is 5.92 Å². The second kappa shape index (κ2) is 6.79. The lowest BCUT2D eigenvalue weighted by molar-refractivity contribution is 0.133. The number of methoxy groups -OCH3 is 1. The predicted octanol–water partition coefficient (Wildman–Crippen LogP) is 4.31. The fraction of sp³-hybridized carbons (Fsp3) is 0.533. The highest BCUT2D eigenvalue weighted by Crippen LogP contribution is 2.30. The van der Waals surface area contributed by atoms with Crippen LogP contribution in [-0.4, -0.2) is 29.1 Å². The van der Waals surface area contributed by atoms with Crippen molar-refractivity contribution in [1.82, 2.24) is 9.55 Å². The third-order valence-corrected chi connectivity index (χ3v) is 3.99. The molecule has 2 rings (SSSR count). The van der Waals surface area contributed by atoms with Crippen LogP contribution in [0.15, 0.2) is 18.2 Å². The molecule has 2 aromatic rings. The summed E-state index contributed by atoms with van der Waals surface area (Å²) in [5.74, 6) is 1.94. The molecule has 0 fully saturated rings. The average Bonchev–Trinajstić information content (AvgIpc) is 2.76. The topological polar surface area (TPSA) is 27.1 Å². The minimum atomic E-state index is 0.224. The van der Waals surface area contributed by atoms with Gasteiger partial charge in [0.1, 0.15) is 11.3 Å². The van der Waals surface area contributed by atoms with Gasteiger partial charge in [-0.25, -0.2) is 4.98 Å². The molecule has 20 heavy (non-hydrogen) atoms. The van der Waals surface area contributed by atoms with E-state index in [1.165, 1.54) is 0 Å². The van der Waals surface area contributed by atoms with Gasteiger partial charge in [0.2, 0.25) is 0 Å². The molecule has 0 bridgehead atoms.